The fourth-order valence-electron chi connectivity index (χ4n) is 2.85. The molecular weight excluding hydrogens is 224 g/mol. The van der Waals surface area contributed by atoms with E-state index in [4.69, 9.17) is 0 Å². The van der Waals surface area contributed by atoms with Crippen LogP contribution >= 0.6 is 0 Å². The van der Waals surface area contributed by atoms with E-state index in [0.717, 1.165) is 13.0 Å². The van der Waals surface area contributed by atoms with E-state index in [9.17, 15) is 5.11 Å². The number of rotatable bonds is 6. The summed E-state index contributed by atoms with van der Waals surface area (Å²) in [6.45, 7) is 8.68. The Hall–Kier alpha value is -0.120. The molecule has 1 heterocycles. The van der Waals surface area contributed by atoms with Crippen LogP contribution in [-0.4, -0.2) is 48.3 Å². The molecule has 1 atom stereocenters. The molecule has 106 valence electrons. The SMILES string of the molecule is CC1(C)CCCN(CCC(CO)NC2CC2)CC1. The molecule has 1 aliphatic heterocycles. The maximum atomic E-state index is 9.39. The van der Waals surface area contributed by atoms with Crippen LogP contribution in [0.3, 0.4) is 0 Å². The largest absolute Gasteiger partial charge is 0.395 e. The fourth-order valence-corrected chi connectivity index (χ4v) is 2.85. The van der Waals surface area contributed by atoms with Gasteiger partial charge in [-0.3, -0.25) is 0 Å². The molecule has 0 radical (unpaired) electrons. The number of hydrogen-bond donors (Lipinski definition) is 2. The van der Waals surface area contributed by atoms with Crippen LogP contribution in [0.15, 0.2) is 0 Å². The van der Waals surface area contributed by atoms with Crippen LogP contribution < -0.4 is 5.32 Å². The highest BCUT2D eigenvalue weighted by Crippen LogP contribution is 2.29. The molecule has 2 rings (SSSR count). The maximum absolute atomic E-state index is 9.39. The third-order valence-electron chi connectivity index (χ3n) is 4.50. The second-order valence-corrected chi connectivity index (χ2v) is 6.97. The Morgan fingerprint density at radius 1 is 1.28 bits per heavy atom. The quantitative estimate of drug-likeness (QED) is 0.761. The standard InChI is InChI=1S/C15H30N2O/c1-15(2)7-3-9-17(11-8-15)10-6-14(12-18)16-13-4-5-13/h13-14,16,18H,3-12H2,1-2H3. The summed E-state index contributed by atoms with van der Waals surface area (Å²) in [4.78, 5) is 2.59. The van der Waals surface area contributed by atoms with Gasteiger partial charge in [0, 0.05) is 12.1 Å². The lowest BCUT2D eigenvalue weighted by Crippen LogP contribution is -2.38. The second-order valence-electron chi connectivity index (χ2n) is 6.97. The smallest absolute Gasteiger partial charge is 0.0585 e. The molecule has 1 saturated heterocycles. The van der Waals surface area contributed by atoms with Crippen LogP contribution in [0.25, 0.3) is 0 Å². The lowest BCUT2D eigenvalue weighted by atomic mass is 9.85. The summed E-state index contributed by atoms with van der Waals surface area (Å²) in [6, 6.07) is 1.01. The lowest BCUT2D eigenvalue weighted by molar-refractivity contribution is 0.203. The Kier molecular flexibility index (Phi) is 5.05. The number of aliphatic hydroxyl groups excluding tert-OH is 1. The minimum Gasteiger partial charge on any atom is -0.395 e. The summed E-state index contributed by atoms with van der Waals surface area (Å²) in [5.41, 5.74) is 0.525. The molecule has 0 aromatic rings. The molecule has 0 spiro atoms. The van der Waals surface area contributed by atoms with Gasteiger partial charge in [0.05, 0.1) is 6.61 Å². The number of nitrogens with one attached hydrogen (secondary N) is 1. The molecule has 0 amide bonds. The van der Waals surface area contributed by atoms with Crippen LogP contribution in [0.5, 0.6) is 0 Å². The van der Waals surface area contributed by atoms with Crippen molar-refractivity contribution in [3.8, 4) is 0 Å². The van der Waals surface area contributed by atoms with Gasteiger partial charge >= 0.3 is 0 Å². The molecule has 3 heteroatoms. The van der Waals surface area contributed by atoms with Gasteiger partial charge in [0.15, 0.2) is 0 Å². The van der Waals surface area contributed by atoms with E-state index in [-0.39, 0.29) is 6.61 Å². The van der Waals surface area contributed by atoms with Crippen LogP contribution in [0, 0.1) is 5.41 Å². The number of likely N-dealkylation sites (tertiary alicyclic amines) is 1. The Morgan fingerprint density at radius 3 is 2.72 bits per heavy atom. The predicted octanol–water partition coefficient (Wildman–Crippen LogP) is 2.00. The normalized spacial score (nSPS) is 26.8. The van der Waals surface area contributed by atoms with Crippen molar-refractivity contribution in [1.29, 1.82) is 0 Å². The van der Waals surface area contributed by atoms with E-state index >= 15 is 0 Å². The summed E-state index contributed by atoms with van der Waals surface area (Å²) >= 11 is 0. The molecule has 0 aromatic carbocycles. The predicted molar refractivity (Wildman–Crippen MR) is 75.7 cm³/mol. The summed E-state index contributed by atoms with van der Waals surface area (Å²) in [5, 5.41) is 12.9. The summed E-state index contributed by atoms with van der Waals surface area (Å²) in [5.74, 6) is 0. The van der Waals surface area contributed by atoms with Gasteiger partial charge in [-0.15, -0.1) is 0 Å². The van der Waals surface area contributed by atoms with Gasteiger partial charge in [-0.2, -0.15) is 0 Å². The number of hydrogen-bond acceptors (Lipinski definition) is 3. The first-order valence-corrected chi connectivity index (χ1v) is 7.68. The molecule has 2 aliphatic rings. The van der Waals surface area contributed by atoms with Crippen molar-refractivity contribution in [2.75, 3.05) is 26.2 Å². The molecule has 0 aromatic heterocycles. The van der Waals surface area contributed by atoms with E-state index in [1.165, 1.54) is 45.2 Å². The zero-order chi connectivity index (χ0) is 13.0. The molecule has 1 unspecified atom stereocenters. The van der Waals surface area contributed by atoms with Gasteiger partial charge in [0.25, 0.3) is 0 Å². The molecule has 2 fully saturated rings. The third kappa shape index (κ3) is 4.87. The van der Waals surface area contributed by atoms with Crippen LogP contribution in [-0.2, 0) is 0 Å². The minimum absolute atomic E-state index is 0.288. The van der Waals surface area contributed by atoms with Crippen molar-refractivity contribution >= 4 is 0 Å². The van der Waals surface area contributed by atoms with Crippen molar-refractivity contribution in [1.82, 2.24) is 10.2 Å². The molecular formula is C15H30N2O. The Balaban J connectivity index is 1.68. The Morgan fingerprint density at radius 2 is 2.06 bits per heavy atom. The van der Waals surface area contributed by atoms with Crippen LogP contribution in [0.4, 0.5) is 0 Å². The highest BCUT2D eigenvalue weighted by atomic mass is 16.3. The first-order chi connectivity index (χ1) is 8.59. The molecule has 1 saturated carbocycles. The van der Waals surface area contributed by atoms with Crippen LogP contribution in [0.2, 0.25) is 0 Å². The summed E-state index contributed by atoms with van der Waals surface area (Å²) in [6.07, 6.45) is 7.68. The maximum Gasteiger partial charge on any atom is 0.0585 e. The van der Waals surface area contributed by atoms with Gasteiger partial charge in [-0.25, -0.2) is 0 Å². The van der Waals surface area contributed by atoms with Crippen molar-refractivity contribution < 1.29 is 5.11 Å². The lowest BCUT2D eigenvalue weighted by Gasteiger charge is -2.25. The van der Waals surface area contributed by atoms with Gasteiger partial charge in [-0.05, 0) is 63.6 Å². The van der Waals surface area contributed by atoms with Gasteiger partial charge in [-0.1, -0.05) is 13.8 Å². The van der Waals surface area contributed by atoms with E-state index in [1.54, 1.807) is 0 Å². The van der Waals surface area contributed by atoms with Crippen LogP contribution in [0.1, 0.15) is 52.4 Å². The van der Waals surface area contributed by atoms with Gasteiger partial charge in [0.2, 0.25) is 0 Å². The first-order valence-electron chi connectivity index (χ1n) is 7.68. The zero-order valence-corrected chi connectivity index (χ0v) is 12.1. The minimum atomic E-state index is 0.288. The molecule has 0 bridgehead atoms. The number of nitrogens with zero attached hydrogens (tertiary/aromatic N) is 1. The van der Waals surface area contributed by atoms with Gasteiger partial charge < -0.3 is 15.3 Å². The molecule has 18 heavy (non-hydrogen) atoms. The molecule has 1 aliphatic carbocycles. The number of aliphatic hydroxyl groups is 1. The summed E-state index contributed by atoms with van der Waals surface area (Å²) in [7, 11) is 0. The summed E-state index contributed by atoms with van der Waals surface area (Å²) < 4.78 is 0. The molecule has 2 N–H and O–H groups in total. The Labute approximate surface area is 112 Å². The average molecular weight is 254 g/mol. The average Bonchev–Trinajstić information content (AvgIpc) is 3.13. The Bertz CT molecular complexity index is 251. The van der Waals surface area contributed by atoms with Crippen molar-refractivity contribution in [3.63, 3.8) is 0 Å². The molecule has 3 nitrogen and oxygen atoms in total. The highest BCUT2D eigenvalue weighted by molar-refractivity contribution is 4.85. The monoisotopic (exact) mass is 254 g/mol. The highest BCUT2D eigenvalue weighted by Gasteiger charge is 2.26. The van der Waals surface area contributed by atoms with Crippen molar-refractivity contribution in [2.45, 2.75) is 64.5 Å². The van der Waals surface area contributed by atoms with E-state index in [1.807, 2.05) is 0 Å². The van der Waals surface area contributed by atoms with E-state index in [0.29, 0.717) is 17.5 Å². The fraction of sp³-hybridized carbons (Fsp3) is 1.00. The zero-order valence-electron chi connectivity index (χ0n) is 12.1. The van der Waals surface area contributed by atoms with Crippen molar-refractivity contribution in [3.05, 3.63) is 0 Å². The van der Waals surface area contributed by atoms with E-state index in [2.05, 4.69) is 24.1 Å². The first kappa shape index (κ1) is 14.3. The second kappa shape index (κ2) is 6.36. The van der Waals surface area contributed by atoms with E-state index < -0.39 is 0 Å². The third-order valence-corrected chi connectivity index (χ3v) is 4.50. The van der Waals surface area contributed by atoms with Gasteiger partial charge in [0.1, 0.15) is 0 Å². The topological polar surface area (TPSA) is 35.5 Å². The van der Waals surface area contributed by atoms with Crippen molar-refractivity contribution in [2.24, 2.45) is 5.41 Å².